The van der Waals surface area contributed by atoms with E-state index < -0.39 is 5.67 Å². The Kier molecular flexibility index (Phi) is 2.29. The van der Waals surface area contributed by atoms with E-state index in [4.69, 9.17) is 0 Å². The van der Waals surface area contributed by atoms with Crippen molar-refractivity contribution in [1.82, 2.24) is 5.32 Å². The van der Waals surface area contributed by atoms with Crippen LogP contribution in [-0.2, 0) is 0 Å². The van der Waals surface area contributed by atoms with E-state index in [1.165, 1.54) is 0 Å². The van der Waals surface area contributed by atoms with E-state index in [2.05, 4.69) is 19.2 Å². The molecule has 1 atom stereocenters. The maximum Gasteiger partial charge on any atom is 0.136 e. The highest BCUT2D eigenvalue weighted by molar-refractivity contribution is 4.93. The molecule has 0 aromatic heterocycles. The fourth-order valence-corrected chi connectivity index (χ4v) is 1.31. The summed E-state index contributed by atoms with van der Waals surface area (Å²) in [4.78, 5) is 0. The van der Waals surface area contributed by atoms with Gasteiger partial charge in [0.2, 0.25) is 0 Å². The number of alkyl halides is 1. The number of hydrogen-bond donors (Lipinski definition) is 1. The van der Waals surface area contributed by atoms with Crippen molar-refractivity contribution < 1.29 is 4.39 Å². The van der Waals surface area contributed by atoms with Gasteiger partial charge in [-0.05, 0) is 12.3 Å². The summed E-state index contributed by atoms with van der Waals surface area (Å²) in [5.74, 6) is 0.534. The Labute approximate surface area is 62.0 Å². The zero-order valence-corrected chi connectivity index (χ0v) is 6.78. The van der Waals surface area contributed by atoms with Crippen molar-refractivity contribution in [2.45, 2.75) is 32.4 Å². The molecule has 1 heterocycles. The molecule has 0 aliphatic carbocycles. The third-order valence-electron chi connectivity index (χ3n) is 2.29. The van der Waals surface area contributed by atoms with Crippen molar-refractivity contribution in [3.05, 3.63) is 0 Å². The van der Waals surface area contributed by atoms with Gasteiger partial charge in [-0.2, -0.15) is 0 Å². The molecule has 1 nitrogen and oxygen atoms in total. The minimum absolute atomic E-state index is 0.534. The van der Waals surface area contributed by atoms with Crippen LogP contribution in [0.5, 0.6) is 0 Å². The van der Waals surface area contributed by atoms with Crippen molar-refractivity contribution in [2.24, 2.45) is 5.92 Å². The van der Waals surface area contributed by atoms with Crippen LogP contribution in [0.3, 0.4) is 0 Å². The Balaban J connectivity index is 2.22. The molecule has 0 spiro atoms. The lowest BCUT2D eigenvalue weighted by Gasteiger charge is -2.36. The second-order valence-corrected chi connectivity index (χ2v) is 3.47. The highest BCUT2D eigenvalue weighted by Crippen LogP contribution is 2.26. The smallest absolute Gasteiger partial charge is 0.136 e. The molecule has 0 bridgehead atoms. The topological polar surface area (TPSA) is 12.0 Å². The number of nitrogens with one attached hydrogen (secondary N) is 1. The summed E-state index contributed by atoms with van der Waals surface area (Å²) in [6.07, 6.45) is 1.82. The van der Waals surface area contributed by atoms with E-state index in [-0.39, 0.29) is 0 Å². The van der Waals surface area contributed by atoms with Crippen molar-refractivity contribution in [1.29, 1.82) is 0 Å². The van der Waals surface area contributed by atoms with Gasteiger partial charge < -0.3 is 5.32 Å². The van der Waals surface area contributed by atoms with Crippen LogP contribution in [0.25, 0.3) is 0 Å². The molecular weight excluding hydrogens is 129 g/mol. The summed E-state index contributed by atoms with van der Waals surface area (Å²) in [5.41, 5.74) is -0.866. The van der Waals surface area contributed by atoms with Crippen LogP contribution in [0.1, 0.15) is 26.7 Å². The van der Waals surface area contributed by atoms with Gasteiger partial charge in [0.25, 0.3) is 0 Å². The van der Waals surface area contributed by atoms with Crippen LogP contribution in [-0.4, -0.2) is 18.8 Å². The van der Waals surface area contributed by atoms with Crippen molar-refractivity contribution in [3.8, 4) is 0 Å². The van der Waals surface area contributed by atoms with E-state index in [1.54, 1.807) is 0 Å². The molecule has 1 fully saturated rings. The van der Waals surface area contributed by atoms with Crippen molar-refractivity contribution >= 4 is 0 Å². The summed E-state index contributed by atoms with van der Waals surface area (Å²) in [7, 11) is 0. The van der Waals surface area contributed by atoms with Crippen LogP contribution in [0.15, 0.2) is 0 Å². The van der Waals surface area contributed by atoms with E-state index in [0.29, 0.717) is 19.0 Å². The maximum atomic E-state index is 13.3. The molecule has 0 aromatic rings. The zero-order valence-electron chi connectivity index (χ0n) is 6.78. The lowest BCUT2D eigenvalue weighted by atomic mass is 9.87. The highest BCUT2D eigenvalue weighted by Gasteiger charge is 2.37. The molecule has 1 aliphatic heterocycles. The monoisotopic (exact) mass is 145 g/mol. The van der Waals surface area contributed by atoms with E-state index in [9.17, 15) is 4.39 Å². The minimum Gasteiger partial charge on any atom is -0.310 e. The Morgan fingerprint density at radius 2 is 2.20 bits per heavy atom. The molecule has 0 aromatic carbocycles. The molecule has 1 unspecified atom stereocenters. The predicted molar refractivity (Wildman–Crippen MR) is 40.8 cm³/mol. The zero-order chi connectivity index (χ0) is 7.61. The Morgan fingerprint density at radius 1 is 1.60 bits per heavy atom. The van der Waals surface area contributed by atoms with Gasteiger partial charge in [-0.25, -0.2) is 4.39 Å². The summed E-state index contributed by atoms with van der Waals surface area (Å²) in [6.45, 7) is 5.36. The largest absolute Gasteiger partial charge is 0.310 e. The van der Waals surface area contributed by atoms with Gasteiger partial charge in [0.15, 0.2) is 0 Å². The fourth-order valence-electron chi connectivity index (χ4n) is 1.31. The third-order valence-corrected chi connectivity index (χ3v) is 2.29. The van der Waals surface area contributed by atoms with Gasteiger partial charge in [0.1, 0.15) is 5.67 Å². The number of rotatable bonds is 3. The molecule has 0 amide bonds. The number of hydrogen-bond acceptors (Lipinski definition) is 1. The van der Waals surface area contributed by atoms with Crippen LogP contribution in [0.4, 0.5) is 4.39 Å². The molecule has 1 saturated heterocycles. The summed E-state index contributed by atoms with van der Waals surface area (Å²) < 4.78 is 13.3. The molecule has 2 heteroatoms. The molecule has 1 rings (SSSR count). The second-order valence-electron chi connectivity index (χ2n) is 3.47. The quantitative estimate of drug-likeness (QED) is 0.637. The molecule has 1 N–H and O–H groups in total. The van der Waals surface area contributed by atoms with Crippen LogP contribution in [0, 0.1) is 5.92 Å². The van der Waals surface area contributed by atoms with E-state index in [0.717, 1.165) is 12.8 Å². The summed E-state index contributed by atoms with van der Waals surface area (Å²) in [5, 5.41) is 2.96. The average Bonchev–Trinajstić information content (AvgIpc) is 1.84. The predicted octanol–water partition coefficient (Wildman–Crippen LogP) is 1.73. The summed E-state index contributed by atoms with van der Waals surface area (Å²) in [6, 6.07) is 0. The van der Waals surface area contributed by atoms with Crippen molar-refractivity contribution in [3.63, 3.8) is 0 Å². The lowest BCUT2D eigenvalue weighted by Crippen LogP contribution is -2.56. The SMILES string of the molecule is CCC(C)CC1(F)CNC1. The normalized spacial score (nSPS) is 25.5. The van der Waals surface area contributed by atoms with Gasteiger partial charge in [0, 0.05) is 13.1 Å². The van der Waals surface area contributed by atoms with Gasteiger partial charge in [-0.15, -0.1) is 0 Å². The molecule has 0 saturated carbocycles. The Morgan fingerprint density at radius 3 is 2.50 bits per heavy atom. The van der Waals surface area contributed by atoms with E-state index in [1.807, 2.05) is 0 Å². The summed E-state index contributed by atoms with van der Waals surface area (Å²) >= 11 is 0. The highest BCUT2D eigenvalue weighted by atomic mass is 19.1. The molecule has 10 heavy (non-hydrogen) atoms. The van der Waals surface area contributed by atoms with Gasteiger partial charge in [-0.3, -0.25) is 0 Å². The Hall–Kier alpha value is -0.110. The van der Waals surface area contributed by atoms with Crippen molar-refractivity contribution in [2.75, 3.05) is 13.1 Å². The molecule has 0 radical (unpaired) electrons. The standard InChI is InChI=1S/C8H16FN/c1-3-7(2)4-8(9)5-10-6-8/h7,10H,3-6H2,1-2H3. The first-order chi connectivity index (χ1) is 4.66. The van der Waals surface area contributed by atoms with E-state index >= 15 is 0 Å². The first-order valence-electron chi connectivity index (χ1n) is 4.06. The molecule has 60 valence electrons. The van der Waals surface area contributed by atoms with Gasteiger partial charge in [-0.1, -0.05) is 20.3 Å². The Bertz CT molecular complexity index is 110. The first-order valence-corrected chi connectivity index (χ1v) is 4.06. The third kappa shape index (κ3) is 1.69. The minimum atomic E-state index is -0.866. The maximum absolute atomic E-state index is 13.3. The lowest BCUT2D eigenvalue weighted by molar-refractivity contribution is 0.0628. The fraction of sp³-hybridized carbons (Fsp3) is 1.00. The average molecular weight is 145 g/mol. The number of halogens is 1. The van der Waals surface area contributed by atoms with Crippen LogP contribution in [0.2, 0.25) is 0 Å². The molecule has 1 aliphatic rings. The van der Waals surface area contributed by atoms with Gasteiger partial charge in [0.05, 0.1) is 0 Å². The van der Waals surface area contributed by atoms with Crippen LogP contribution >= 0.6 is 0 Å². The second kappa shape index (κ2) is 2.87. The van der Waals surface area contributed by atoms with Crippen LogP contribution < -0.4 is 5.32 Å². The van der Waals surface area contributed by atoms with Gasteiger partial charge >= 0.3 is 0 Å². The first kappa shape index (κ1) is 7.99. The molecular formula is C8H16FN.